The number of carbonyl (C=O) groups is 5. The summed E-state index contributed by atoms with van der Waals surface area (Å²) in [6.07, 6.45) is 2.04. The second kappa shape index (κ2) is 10.8. The van der Waals surface area contributed by atoms with Crippen LogP contribution in [0.3, 0.4) is 0 Å². The van der Waals surface area contributed by atoms with Crippen LogP contribution in [-0.4, -0.2) is 61.4 Å². The standard InChI is InChI=1S/C16H22O6.C10H16O4/c1-4-16(2,3)15(19)20-7-11(17)21-12-8-5-9-10(6-8)14(18)22-13(9)12;1-4-10(2,3)9(12)14-7-5-6-13-8(7)11/h8-10,12-13H,4-7H2,1-3H3;7H,4-6H2,1-3H3. The molecule has 36 heavy (non-hydrogen) atoms. The Kier molecular flexibility index (Phi) is 8.35. The highest BCUT2D eigenvalue weighted by atomic mass is 16.6. The highest BCUT2D eigenvalue weighted by molar-refractivity contribution is 5.83. The van der Waals surface area contributed by atoms with Crippen molar-refractivity contribution in [3.05, 3.63) is 0 Å². The molecular weight excluding hydrogens is 472 g/mol. The van der Waals surface area contributed by atoms with E-state index in [-0.39, 0.29) is 48.5 Å². The van der Waals surface area contributed by atoms with Gasteiger partial charge in [-0.2, -0.15) is 0 Å². The van der Waals surface area contributed by atoms with E-state index in [0.717, 1.165) is 12.8 Å². The monoisotopic (exact) mass is 510 g/mol. The first-order chi connectivity index (χ1) is 16.8. The molecule has 10 heteroatoms. The summed E-state index contributed by atoms with van der Waals surface area (Å²) in [6.45, 7) is 10.9. The first kappa shape index (κ1) is 27.9. The Bertz CT molecular complexity index is 891. The summed E-state index contributed by atoms with van der Waals surface area (Å²) in [5.74, 6) is -1.52. The molecule has 2 aliphatic carbocycles. The third kappa shape index (κ3) is 5.83. The Labute approximate surface area is 211 Å². The van der Waals surface area contributed by atoms with Gasteiger partial charge >= 0.3 is 29.8 Å². The van der Waals surface area contributed by atoms with E-state index in [1.807, 2.05) is 13.8 Å². The highest BCUT2D eigenvalue weighted by Gasteiger charge is 2.63. The van der Waals surface area contributed by atoms with E-state index in [1.54, 1.807) is 27.7 Å². The van der Waals surface area contributed by atoms with Crippen molar-refractivity contribution < 1.29 is 47.7 Å². The van der Waals surface area contributed by atoms with E-state index in [0.29, 0.717) is 25.9 Å². The van der Waals surface area contributed by atoms with E-state index in [1.165, 1.54) is 0 Å². The number of esters is 5. The largest absolute Gasteiger partial charge is 0.463 e. The topological polar surface area (TPSA) is 132 Å². The van der Waals surface area contributed by atoms with Crippen LogP contribution in [0.25, 0.3) is 0 Å². The van der Waals surface area contributed by atoms with Crippen LogP contribution in [0.5, 0.6) is 0 Å². The molecule has 6 atom stereocenters. The average Bonchev–Trinajstić information content (AvgIpc) is 3.57. The van der Waals surface area contributed by atoms with E-state index >= 15 is 0 Å². The molecule has 10 nitrogen and oxygen atoms in total. The molecule has 4 aliphatic rings. The van der Waals surface area contributed by atoms with Gasteiger partial charge in [-0.15, -0.1) is 0 Å². The Morgan fingerprint density at radius 3 is 2.14 bits per heavy atom. The van der Waals surface area contributed by atoms with Crippen LogP contribution in [-0.2, 0) is 47.7 Å². The molecule has 2 heterocycles. The smallest absolute Gasteiger partial charge is 0.347 e. The van der Waals surface area contributed by atoms with Crippen molar-refractivity contribution in [1.29, 1.82) is 0 Å². The van der Waals surface area contributed by atoms with Gasteiger partial charge in [0.25, 0.3) is 0 Å². The van der Waals surface area contributed by atoms with Gasteiger partial charge in [-0.05, 0) is 53.4 Å². The zero-order chi connectivity index (χ0) is 26.8. The molecule has 0 spiro atoms. The summed E-state index contributed by atoms with van der Waals surface area (Å²) >= 11 is 0. The highest BCUT2D eigenvalue weighted by Crippen LogP contribution is 2.55. The molecule has 202 valence electrons. The number of ether oxygens (including phenoxy) is 5. The molecule has 0 radical (unpaired) electrons. The van der Waals surface area contributed by atoms with Crippen LogP contribution in [0.15, 0.2) is 0 Å². The molecule has 0 amide bonds. The molecule has 6 unspecified atom stereocenters. The van der Waals surface area contributed by atoms with Crippen LogP contribution in [0.4, 0.5) is 0 Å². The molecule has 0 N–H and O–H groups in total. The second-order valence-electron chi connectivity index (χ2n) is 11.3. The Balaban J connectivity index is 0.000000223. The first-order valence-electron chi connectivity index (χ1n) is 12.8. The van der Waals surface area contributed by atoms with Crippen LogP contribution in [0, 0.1) is 28.6 Å². The number of rotatable bonds is 8. The Hall–Kier alpha value is -2.65. The molecule has 0 aromatic heterocycles. The van der Waals surface area contributed by atoms with Gasteiger partial charge in [0, 0.05) is 18.3 Å². The maximum atomic E-state index is 11.9. The van der Waals surface area contributed by atoms with Crippen LogP contribution in [0.2, 0.25) is 0 Å². The van der Waals surface area contributed by atoms with Gasteiger partial charge in [0.2, 0.25) is 6.10 Å². The third-order valence-corrected chi connectivity index (χ3v) is 8.01. The number of hydrogen-bond acceptors (Lipinski definition) is 10. The summed E-state index contributed by atoms with van der Waals surface area (Å²) < 4.78 is 25.5. The van der Waals surface area contributed by atoms with E-state index in [9.17, 15) is 24.0 Å². The molecule has 4 rings (SSSR count). The quantitative estimate of drug-likeness (QED) is 0.355. The van der Waals surface area contributed by atoms with E-state index < -0.39 is 34.8 Å². The summed E-state index contributed by atoms with van der Waals surface area (Å²) in [4.78, 5) is 58.0. The number of cyclic esters (lactones) is 1. The van der Waals surface area contributed by atoms with Gasteiger partial charge in [-0.3, -0.25) is 14.4 Å². The minimum atomic E-state index is -0.687. The summed E-state index contributed by atoms with van der Waals surface area (Å²) in [5, 5.41) is 0. The van der Waals surface area contributed by atoms with Crippen LogP contribution in [0.1, 0.15) is 73.6 Å². The maximum absolute atomic E-state index is 11.9. The number of hydrogen-bond donors (Lipinski definition) is 0. The van der Waals surface area contributed by atoms with Gasteiger partial charge in [0.05, 0.1) is 23.4 Å². The predicted molar refractivity (Wildman–Crippen MR) is 124 cm³/mol. The first-order valence-corrected chi connectivity index (χ1v) is 12.8. The lowest BCUT2D eigenvalue weighted by atomic mass is 9.88. The van der Waals surface area contributed by atoms with Crippen LogP contribution >= 0.6 is 0 Å². The van der Waals surface area contributed by atoms with Gasteiger partial charge in [0.1, 0.15) is 12.2 Å². The Morgan fingerprint density at radius 1 is 0.917 bits per heavy atom. The van der Waals surface area contributed by atoms with Crippen molar-refractivity contribution in [2.24, 2.45) is 28.6 Å². The fourth-order valence-electron chi connectivity index (χ4n) is 4.73. The predicted octanol–water partition coefficient (Wildman–Crippen LogP) is 2.74. The minimum absolute atomic E-state index is 0.00636. The van der Waals surface area contributed by atoms with Crippen molar-refractivity contribution in [1.82, 2.24) is 0 Å². The van der Waals surface area contributed by atoms with Crippen molar-refractivity contribution >= 4 is 29.8 Å². The summed E-state index contributed by atoms with van der Waals surface area (Å²) in [7, 11) is 0. The van der Waals surface area contributed by atoms with Gasteiger partial charge in [-0.25, -0.2) is 9.59 Å². The molecular formula is C26H38O10. The van der Waals surface area contributed by atoms with Crippen molar-refractivity contribution in [3.63, 3.8) is 0 Å². The number of carbonyl (C=O) groups excluding carboxylic acids is 5. The third-order valence-electron chi connectivity index (χ3n) is 8.01. The van der Waals surface area contributed by atoms with Gasteiger partial charge in [0.15, 0.2) is 6.61 Å². The minimum Gasteiger partial charge on any atom is -0.463 e. The zero-order valence-corrected chi connectivity index (χ0v) is 22.0. The maximum Gasteiger partial charge on any atom is 0.347 e. The van der Waals surface area contributed by atoms with E-state index in [4.69, 9.17) is 23.7 Å². The van der Waals surface area contributed by atoms with Gasteiger partial charge < -0.3 is 23.7 Å². The summed E-state index contributed by atoms with van der Waals surface area (Å²) in [6, 6.07) is 0. The molecule has 0 aromatic carbocycles. The fraction of sp³-hybridized carbons (Fsp3) is 0.808. The molecule has 2 bridgehead atoms. The van der Waals surface area contributed by atoms with Crippen molar-refractivity contribution in [2.45, 2.75) is 92.0 Å². The second-order valence-corrected chi connectivity index (χ2v) is 11.3. The van der Waals surface area contributed by atoms with Gasteiger partial charge in [-0.1, -0.05) is 13.8 Å². The molecule has 0 aromatic rings. The Morgan fingerprint density at radius 2 is 1.56 bits per heavy atom. The van der Waals surface area contributed by atoms with Crippen molar-refractivity contribution in [2.75, 3.05) is 13.2 Å². The fourth-order valence-corrected chi connectivity index (χ4v) is 4.73. The van der Waals surface area contributed by atoms with Crippen LogP contribution < -0.4 is 0 Å². The number of fused-ring (bicyclic) bond motifs is 1. The zero-order valence-electron chi connectivity index (χ0n) is 22.0. The van der Waals surface area contributed by atoms with E-state index in [2.05, 4.69) is 0 Å². The molecule has 2 saturated carbocycles. The average molecular weight is 511 g/mol. The normalized spacial score (nSPS) is 30.2. The summed E-state index contributed by atoms with van der Waals surface area (Å²) in [5.41, 5.74) is -1.14. The van der Waals surface area contributed by atoms with Crippen molar-refractivity contribution in [3.8, 4) is 0 Å². The SMILES string of the molecule is CCC(C)(C)C(=O)OC1CCOC1=O.CCC(C)(C)C(=O)OCC(=O)OC1C2CC3C(=O)OC1C3C2. The molecule has 2 aliphatic heterocycles. The molecule has 2 saturated heterocycles. The lowest BCUT2D eigenvalue weighted by molar-refractivity contribution is -0.172. The molecule has 4 fully saturated rings. The lowest BCUT2D eigenvalue weighted by Gasteiger charge is -2.25. The lowest BCUT2D eigenvalue weighted by Crippen LogP contribution is -2.37.